The van der Waals surface area contributed by atoms with Gasteiger partial charge < -0.3 is 0 Å². The van der Waals surface area contributed by atoms with Gasteiger partial charge >= 0.3 is 0 Å². The summed E-state index contributed by atoms with van der Waals surface area (Å²) >= 11 is 0. The standard InChI is InChI=1S/C11H14N2O/c1-7-9-8(13-12-7)3-6-11(10(9)14)4-2-5-11/h2-6H2,1H3,(H,12,13). The van der Waals surface area contributed by atoms with Crippen molar-refractivity contribution in [2.75, 3.05) is 0 Å². The molecule has 0 atom stereocenters. The summed E-state index contributed by atoms with van der Waals surface area (Å²) in [4.78, 5) is 12.2. The number of fused-ring (bicyclic) bond motifs is 1. The summed E-state index contributed by atoms with van der Waals surface area (Å²) in [5.74, 6) is 0.358. The van der Waals surface area contributed by atoms with Crippen molar-refractivity contribution in [2.24, 2.45) is 5.41 Å². The number of hydrogen-bond donors (Lipinski definition) is 1. The summed E-state index contributed by atoms with van der Waals surface area (Å²) in [5, 5.41) is 7.11. The monoisotopic (exact) mass is 190 g/mol. The molecular formula is C11H14N2O. The number of nitrogens with zero attached hydrogens (tertiary/aromatic N) is 1. The number of Topliss-reactive ketones (excluding diaryl/α,β-unsaturated/α-hetero) is 1. The first kappa shape index (κ1) is 8.21. The van der Waals surface area contributed by atoms with E-state index in [9.17, 15) is 4.79 Å². The molecule has 0 bridgehead atoms. The van der Waals surface area contributed by atoms with Crippen molar-refractivity contribution in [3.63, 3.8) is 0 Å². The molecule has 1 aromatic rings. The molecule has 0 aliphatic heterocycles. The van der Waals surface area contributed by atoms with Crippen LogP contribution in [0.25, 0.3) is 0 Å². The molecule has 14 heavy (non-hydrogen) atoms. The second-order valence-electron chi connectivity index (χ2n) is 4.63. The molecule has 2 aliphatic rings. The number of hydrogen-bond acceptors (Lipinski definition) is 2. The number of H-pyrrole nitrogens is 1. The van der Waals surface area contributed by atoms with Crippen molar-refractivity contribution in [1.29, 1.82) is 0 Å². The van der Waals surface area contributed by atoms with Crippen molar-refractivity contribution < 1.29 is 4.79 Å². The average Bonchev–Trinajstić information content (AvgIpc) is 2.46. The number of carbonyl (C=O) groups is 1. The normalized spacial score (nSPS) is 23.4. The van der Waals surface area contributed by atoms with E-state index in [1.807, 2.05) is 6.92 Å². The van der Waals surface area contributed by atoms with Gasteiger partial charge in [0.05, 0.1) is 11.3 Å². The van der Waals surface area contributed by atoms with Crippen LogP contribution in [0, 0.1) is 12.3 Å². The zero-order chi connectivity index (χ0) is 9.76. The average molecular weight is 190 g/mol. The number of nitrogens with one attached hydrogen (secondary N) is 1. The molecule has 0 unspecified atom stereocenters. The number of aryl methyl sites for hydroxylation is 2. The maximum atomic E-state index is 12.2. The molecule has 1 spiro atoms. The second-order valence-corrected chi connectivity index (χ2v) is 4.63. The largest absolute Gasteiger partial charge is 0.293 e. The van der Waals surface area contributed by atoms with Gasteiger partial charge in [0.15, 0.2) is 5.78 Å². The Morgan fingerprint density at radius 2 is 2.14 bits per heavy atom. The first-order valence-corrected chi connectivity index (χ1v) is 5.32. The zero-order valence-electron chi connectivity index (χ0n) is 8.39. The second kappa shape index (κ2) is 2.47. The lowest BCUT2D eigenvalue weighted by atomic mass is 9.59. The minimum absolute atomic E-state index is 0.0155. The van der Waals surface area contributed by atoms with Gasteiger partial charge in [0.2, 0.25) is 0 Å². The van der Waals surface area contributed by atoms with Crippen LogP contribution >= 0.6 is 0 Å². The van der Waals surface area contributed by atoms with Crippen molar-refractivity contribution in [1.82, 2.24) is 10.2 Å². The highest BCUT2D eigenvalue weighted by atomic mass is 16.1. The molecule has 74 valence electrons. The Bertz CT molecular complexity index is 401. The zero-order valence-corrected chi connectivity index (χ0v) is 8.39. The van der Waals surface area contributed by atoms with Crippen LogP contribution in [-0.2, 0) is 6.42 Å². The summed E-state index contributed by atoms with van der Waals surface area (Å²) in [7, 11) is 0. The van der Waals surface area contributed by atoms with Crippen LogP contribution in [0.15, 0.2) is 0 Å². The first-order valence-electron chi connectivity index (χ1n) is 5.32. The van der Waals surface area contributed by atoms with Gasteiger partial charge in [-0.05, 0) is 32.6 Å². The minimum Gasteiger partial charge on any atom is -0.293 e. The lowest BCUT2D eigenvalue weighted by Gasteiger charge is -2.42. The predicted octanol–water partition coefficient (Wildman–Crippen LogP) is 2.02. The van der Waals surface area contributed by atoms with E-state index in [4.69, 9.17) is 0 Å². The summed E-state index contributed by atoms with van der Waals surface area (Å²) in [5.41, 5.74) is 2.86. The fourth-order valence-electron chi connectivity index (χ4n) is 2.78. The number of rotatable bonds is 0. The maximum absolute atomic E-state index is 12.2. The molecular weight excluding hydrogens is 176 g/mol. The lowest BCUT2D eigenvalue weighted by molar-refractivity contribution is 0.0553. The SMILES string of the molecule is Cc1[nH]nc2c1C(=O)C1(CCC1)CC2. The van der Waals surface area contributed by atoms with E-state index in [-0.39, 0.29) is 5.41 Å². The molecule has 0 saturated heterocycles. The molecule has 1 fully saturated rings. The van der Waals surface area contributed by atoms with E-state index in [0.29, 0.717) is 5.78 Å². The van der Waals surface area contributed by atoms with Gasteiger partial charge in [0.1, 0.15) is 0 Å². The highest BCUT2D eigenvalue weighted by molar-refractivity contribution is 6.03. The Labute approximate surface area is 82.9 Å². The van der Waals surface area contributed by atoms with E-state index in [0.717, 1.165) is 42.6 Å². The van der Waals surface area contributed by atoms with Gasteiger partial charge in [-0.2, -0.15) is 5.10 Å². The molecule has 0 amide bonds. The Hall–Kier alpha value is -1.12. The molecule has 1 heterocycles. The number of carbonyl (C=O) groups excluding carboxylic acids is 1. The van der Waals surface area contributed by atoms with Crippen molar-refractivity contribution in [2.45, 2.75) is 39.0 Å². The number of aromatic amines is 1. The third-order valence-electron chi connectivity index (χ3n) is 3.88. The number of aromatic nitrogens is 2. The van der Waals surface area contributed by atoms with E-state index in [1.165, 1.54) is 6.42 Å². The summed E-state index contributed by atoms with van der Waals surface area (Å²) in [6.07, 6.45) is 5.40. The maximum Gasteiger partial charge on any atom is 0.172 e. The Morgan fingerprint density at radius 1 is 1.36 bits per heavy atom. The van der Waals surface area contributed by atoms with Crippen LogP contribution in [0.1, 0.15) is 47.4 Å². The topological polar surface area (TPSA) is 45.8 Å². The molecule has 1 N–H and O–H groups in total. The Morgan fingerprint density at radius 3 is 2.79 bits per heavy atom. The third-order valence-corrected chi connectivity index (χ3v) is 3.88. The molecule has 0 radical (unpaired) electrons. The molecule has 0 aromatic carbocycles. The molecule has 3 nitrogen and oxygen atoms in total. The van der Waals surface area contributed by atoms with Crippen LogP contribution < -0.4 is 0 Å². The van der Waals surface area contributed by atoms with Gasteiger partial charge in [0.25, 0.3) is 0 Å². The summed E-state index contributed by atoms with van der Waals surface area (Å²) < 4.78 is 0. The van der Waals surface area contributed by atoms with Gasteiger partial charge in [-0.15, -0.1) is 0 Å². The molecule has 2 aliphatic carbocycles. The van der Waals surface area contributed by atoms with Crippen LogP contribution in [0.2, 0.25) is 0 Å². The molecule has 3 rings (SSSR count). The van der Waals surface area contributed by atoms with E-state index < -0.39 is 0 Å². The van der Waals surface area contributed by atoms with E-state index >= 15 is 0 Å². The van der Waals surface area contributed by atoms with Crippen molar-refractivity contribution >= 4 is 5.78 Å². The Balaban J connectivity index is 2.10. The smallest absolute Gasteiger partial charge is 0.172 e. The molecule has 3 heteroatoms. The lowest BCUT2D eigenvalue weighted by Crippen LogP contribution is -2.41. The summed E-state index contributed by atoms with van der Waals surface area (Å²) in [6, 6.07) is 0. The van der Waals surface area contributed by atoms with Crippen LogP contribution in [-0.4, -0.2) is 16.0 Å². The Kier molecular flexibility index (Phi) is 1.45. The highest BCUT2D eigenvalue weighted by Gasteiger charge is 2.48. The minimum atomic E-state index is 0.0155. The third kappa shape index (κ3) is 0.825. The quantitative estimate of drug-likeness (QED) is 0.680. The van der Waals surface area contributed by atoms with E-state index in [2.05, 4.69) is 10.2 Å². The molecule has 1 aromatic heterocycles. The summed E-state index contributed by atoms with van der Waals surface area (Å²) in [6.45, 7) is 1.95. The van der Waals surface area contributed by atoms with Gasteiger partial charge in [-0.1, -0.05) is 6.42 Å². The van der Waals surface area contributed by atoms with Crippen LogP contribution in [0.3, 0.4) is 0 Å². The van der Waals surface area contributed by atoms with Crippen molar-refractivity contribution in [3.8, 4) is 0 Å². The van der Waals surface area contributed by atoms with Gasteiger partial charge in [-0.25, -0.2) is 0 Å². The van der Waals surface area contributed by atoms with Crippen LogP contribution in [0.5, 0.6) is 0 Å². The van der Waals surface area contributed by atoms with Crippen LogP contribution in [0.4, 0.5) is 0 Å². The first-order chi connectivity index (χ1) is 6.73. The van der Waals surface area contributed by atoms with Gasteiger partial charge in [-0.3, -0.25) is 9.89 Å². The van der Waals surface area contributed by atoms with Crippen molar-refractivity contribution in [3.05, 3.63) is 17.0 Å². The fourth-order valence-corrected chi connectivity index (χ4v) is 2.78. The van der Waals surface area contributed by atoms with Gasteiger partial charge in [0, 0.05) is 11.1 Å². The highest BCUT2D eigenvalue weighted by Crippen LogP contribution is 2.50. The number of ketones is 1. The molecule has 1 saturated carbocycles. The predicted molar refractivity (Wildman–Crippen MR) is 52.3 cm³/mol. The van der Waals surface area contributed by atoms with E-state index in [1.54, 1.807) is 0 Å². The fraction of sp³-hybridized carbons (Fsp3) is 0.636.